The van der Waals surface area contributed by atoms with E-state index in [1.807, 2.05) is 0 Å². The van der Waals surface area contributed by atoms with Crippen LogP contribution in [0.3, 0.4) is 0 Å². The molecule has 0 aromatic heterocycles. The minimum Gasteiger partial charge on any atom is -0.480 e. The van der Waals surface area contributed by atoms with Crippen molar-refractivity contribution in [2.45, 2.75) is 26.0 Å². The van der Waals surface area contributed by atoms with Crippen LogP contribution in [0.1, 0.15) is 13.8 Å². The smallest absolute Gasteiger partial charge is 0.323 e. The molecule has 0 fully saturated rings. The van der Waals surface area contributed by atoms with Crippen molar-refractivity contribution in [1.82, 2.24) is 5.32 Å². The summed E-state index contributed by atoms with van der Waals surface area (Å²) in [6.07, 6.45) is -0.850. The van der Waals surface area contributed by atoms with Gasteiger partial charge in [0.15, 0.2) is 0 Å². The highest BCUT2D eigenvalue weighted by atomic mass is 16.4. The molecule has 0 saturated heterocycles. The van der Waals surface area contributed by atoms with E-state index in [0.717, 1.165) is 0 Å². The second-order valence-electron chi connectivity index (χ2n) is 2.11. The van der Waals surface area contributed by atoms with Gasteiger partial charge in [0.25, 0.3) is 0 Å². The van der Waals surface area contributed by atoms with E-state index in [1.54, 1.807) is 6.92 Å². The van der Waals surface area contributed by atoms with Crippen molar-refractivity contribution in [2.24, 2.45) is 0 Å². The summed E-state index contributed by atoms with van der Waals surface area (Å²) in [5.41, 5.74) is 0. The van der Waals surface area contributed by atoms with Crippen LogP contribution in [0.25, 0.3) is 0 Å². The maximum atomic E-state index is 10.3. The molecule has 0 bridgehead atoms. The van der Waals surface area contributed by atoms with Gasteiger partial charge in [0.05, 0.1) is 6.10 Å². The SMILES string of the molecule is CCNC(C(=O)O)C(C)O. The van der Waals surface area contributed by atoms with Crippen LogP contribution >= 0.6 is 0 Å². The molecule has 0 aliphatic rings. The van der Waals surface area contributed by atoms with E-state index in [2.05, 4.69) is 5.32 Å². The van der Waals surface area contributed by atoms with Gasteiger partial charge in [-0.05, 0) is 13.5 Å². The molecule has 0 heterocycles. The topological polar surface area (TPSA) is 69.6 Å². The fourth-order valence-corrected chi connectivity index (χ4v) is 0.684. The highest BCUT2D eigenvalue weighted by molar-refractivity contribution is 5.74. The summed E-state index contributed by atoms with van der Waals surface area (Å²) in [6.45, 7) is 3.78. The number of hydrogen-bond donors (Lipinski definition) is 3. The predicted octanol–water partition coefficient (Wildman–Crippen LogP) is -0.570. The van der Waals surface area contributed by atoms with Gasteiger partial charge in [-0.3, -0.25) is 4.79 Å². The van der Waals surface area contributed by atoms with Gasteiger partial charge in [-0.25, -0.2) is 0 Å². The number of hydrogen-bond acceptors (Lipinski definition) is 3. The van der Waals surface area contributed by atoms with Gasteiger partial charge in [-0.15, -0.1) is 0 Å². The van der Waals surface area contributed by atoms with Gasteiger partial charge in [0.2, 0.25) is 0 Å². The van der Waals surface area contributed by atoms with Crippen molar-refractivity contribution < 1.29 is 15.0 Å². The number of rotatable bonds is 4. The zero-order valence-electron chi connectivity index (χ0n) is 6.16. The summed E-state index contributed by atoms with van der Waals surface area (Å²) < 4.78 is 0. The summed E-state index contributed by atoms with van der Waals surface area (Å²) >= 11 is 0. The maximum Gasteiger partial charge on any atom is 0.323 e. The molecule has 10 heavy (non-hydrogen) atoms. The Morgan fingerprint density at radius 1 is 1.70 bits per heavy atom. The number of aliphatic hydroxyl groups excluding tert-OH is 1. The quantitative estimate of drug-likeness (QED) is 0.498. The molecule has 2 atom stereocenters. The molecule has 0 aliphatic carbocycles. The average molecular weight is 147 g/mol. The number of carboxylic acid groups (broad SMARTS) is 1. The van der Waals surface area contributed by atoms with Crippen LogP contribution in [0.5, 0.6) is 0 Å². The van der Waals surface area contributed by atoms with Gasteiger partial charge in [0, 0.05) is 0 Å². The van der Waals surface area contributed by atoms with Crippen LogP contribution in [0.15, 0.2) is 0 Å². The number of aliphatic hydroxyl groups is 1. The van der Waals surface area contributed by atoms with Gasteiger partial charge in [-0.2, -0.15) is 0 Å². The van der Waals surface area contributed by atoms with Crippen molar-refractivity contribution in [3.05, 3.63) is 0 Å². The summed E-state index contributed by atoms with van der Waals surface area (Å²) in [7, 11) is 0. The molecular weight excluding hydrogens is 134 g/mol. The normalized spacial score (nSPS) is 16.3. The molecule has 2 unspecified atom stereocenters. The summed E-state index contributed by atoms with van der Waals surface area (Å²) in [5.74, 6) is -1.02. The molecule has 0 aliphatic heterocycles. The zero-order valence-corrected chi connectivity index (χ0v) is 6.16. The van der Waals surface area contributed by atoms with Gasteiger partial charge < -0.3 is 15.5 Å². The van der Waals surface area contributed by atoms with E-state index in [4.69, 9.17) is 10.2 Å². The Bertz CT molecular complexity index is 114. The van der Waals surface area contributed by atoms with Crippen LogP contribution in [0.2, 0.25) is 0 Å². The van der Waals surface area contributed by atoms with E-state index in [9.17, 15) is 4.79 Å². The van der Waals surface area contributed by atoms with Crippen LogP contribution < -0.4 is 5.32 Å². The molecule has 4 heteroatoms. The molecule has 0 spiro atoms. The monoisotopic (exact) mass is 147 g/mol. The first-order valence-corrected chi connectivity index (χ1v) is 3.23. The lowest BCUT2D eigenvalue weighted by Gasteiger charge is -2.14. The predicted molar refractivity (Wildman–Crippen MR) is 36.8 cm³/mol. The molecule has 0 radical (unpaired) electrons. The fourth-order valence-electron chi connectivity index (χ4n) is 0.684. The van der Waals surface area contributed by atoms with E-state index in [0.29, 0.717) is 6.54 Å². The number of aliphatic carboxylic acids is 1. The number of carboxylic acids is 1. The molecule has 0 saturated carbocycles. The third-order valence-electron chi connectivity index (χ3n) is 1.17. The van der Waals surface area contributed by atoms with E-state index in [-0.39, 0.29) is 0 Å². The van der Waals surface area contributed by atoms with E-state index >= 15 is 0 Å². The second-order valence-corrected chi connectivity index (χ2v) is 2.11. The highest BCUT2D eigenvalue weighted by Gasteiger charge is 2.20. The Balaban J connectivity index is 3.85. The maximum absolute atomic E-state index is 10.3. The molecule has 0 amide bonds. The molecule has 3 N–H and O–H groups in total. The fraction of sp³-hybridized carbons (Fsp3) is 0.833. The van der Waals surface area contributed by atoms with Crippen molar-refractivity contribution in [1.29, 1.82) is 0 Å². The average Bonchev–Trinajstić information content (AvgIpc) is 1.81. The number of nitrogens with one attached hydrogen (secondary N) is 1. The third kappa shape index (κ3) is 2.80. The minimum atomic E-state index is -1.02. The van der Waals surface area contributed by atoms with Crippen molar-refractivity contribution in [3.63, 3.8) is 0 Å². The third-order valence-corrected chi connectivity index (χ3v) is 1.17. The summed E-state index contributed by atoms with van der Waals surface area (Å²) in [6, 6.07) is -0.843. The van der Waals surface area contributed by atoms with Crippen molar-refractivity contribution in [3.8, 4) is 0 Å². The van der Waals surface area contributed by atoms with Gasteiger partial charge in [-0.1, -0.05) is 6.92 Å². The van der Waals surface area contributed by atoms with E-state index in [1.165, 1.54) is 6.92 Å². The lowest BCUT2D eigenvalue weighted by Crippen LogP contribution is -2.44. The second kappa shape index (κ2) is 4.24. The minimum absolute atomic E-state index is 0.544. The summed E-state index contributed by atoms with van der Waals surface area (Å²) in [5, 5.41) is 20.0. The molecule has 0 rings (SSSR count). The number of carbonyl (C=O) groups is 1. The lowest BCUT2D eigenvalue weighted by atomic mass is 10.2. The molecule has 4 nitrogen and oxygen atoms in total. The van der Waals surface area contributed by atoms with Crippen molar-refractivity contribution in [2.75, 3.05) is 6.54 Å². The van der Waals surface area contributed by atoms with Crippen molar-refractivity contribution >= 4 is 5.97 Å². The van der Waals surface area contributed by atoms with Crippen LogP contribution in [-0.4, -0.2) is 34.9 Å². The molecular formula is C6H13NO3. The highest BCUT2D eigenvalue weighted by Crippen LogP contribution is 1.91. The Kier molecular flexibility index (Phi) is 3.99. The zero-order chi connectivity index (χ0) is 8.15. The Labute approximate surface area is 59.9 Å². The Morgan fingerprint density at radius 2 is 2.20 bits per heavy atom. The first-order valence-electron chi connectivity index (χ1n) is 3.23. The lowest BCUT2D eigenvalue weighted by molar-refractivity contribution is -0.142. The standard InChI is InChI=1S/C6H13NO3/c1-3-7-5(4(2)8)6(9)10/h4-5,7-8H,3H2,1-2H3,(H,9,10). The Morgan fingerprint density at radius 3 is 2.30 bits per heavy atom. The first kappa shape index (κ1) is 9.39. The summed E-state index contributed by atoms with van der Waals surface area (Å²) in [4.78, 5) is 10.3. The van der Waals surface area contributed by atoms with Crippen LogP contribution in [-0.2, 0) is 4.79 Å². The Hall–Kier alpha value is -0.610. The molecule has 60 valence electrons. The first-order chi connectivity index (χ1) is 4.59. The van der Waals surface area contributed by atoms with Gasteiger partial charge >= 0.3 is 5.97 Å². The van der Waals surface area contributed by atoms with Gasteiger partial charge in [0.1, 0.15) is 6.04 Å². The van der Waals surface area contributed by atoms with Crippen LogP contribution in [0, 0.1) is 0 Å². The molecule has 0 aromatic rings. The number of likely N-dealkylation sites (N-methyl/N-ethyl adjacent to an activating group) is 1. The largest absolute Gasteiger partial charge is 0.480 e. The van der Waals surface area contributed by atoms with E-state index < -0.39 is 18.1 Å². The molecule has 0 aromatic carbocycles. The van der Waals surface area contributed by atoms with Crippen LogP contribution in [0.4, 0.5) is 0 Å².